The van der Waals surface area contributed by atoms with Crippen LogP contribution in [-0.4, -0.2) is 51.3 Å². The van der Waals surface area contributed by atoms with Crippen LogP contribution in [0.3, 0.4) is 0 Å². The molecule has 1 aromatic carbocycles. The van der Waals surface area contributed by atoms with Crippen LogP contribution in [0, 0.1) is 19.8 Å². The molecule has 2 aromatic heterocycles. The molecule has 0 saturated carbocycles. The summed E-state index contributed by atoms with van der Waals surface area (Å²) >= 11 is 0. The minimum Gasteiger partial charge on any atom is -0.319 e. The van der Waals surface area contributed by atoms with E-state index in [0.717, 1.165) is 24.2 Å². The summed E-state index contributed by atoms with van der Waals surface area (Å²) in [7, 11) is -3.52. The van der Waals surface area contributed by atoms with Crippen LogP contribution in [0.2, 0.25) is 0 Å². The van der Waals surface area contributed by atoms with Crippen LogP contribution in [0.5, 0.6) is 0 Å². The van der Waals surface area contributed by atoms with E-state index in [4.69, 9.17) is 0 Å². The van der Waals surface area contributed by atoms with E-state index < -0.39 is 15.9 Å². The molecule has 0 aliphatic carbocycles. The van der Waals surface area contributed by atoms with Gasteiger partial charge in [0.25, 0.3) is 11.7 Å². The number of anilines is 1. The number of nitrogens with zero attached hydrogens (tertiary/aromatic N) is 5. The van der Waals surface area contributed by atoms with E-state index in [0.29, 0.717) is 30.5 Å². The minimum absolute atomic E-state index is 0.00432. The highest BCUT2D eigenvalue weighted by atomic mass is 32.2. The average Bonchev–Trinajstić information content (AvgIpc) is 3.13. The number of aromatic nitrogens is 4. The zero-order valence-electron chi connectivity index (χ0n) is 17.2. The molecule has 30 heavy (non-hydrogen) atoms. The Kier molecular flexibility index (Phi) is 5.29. The smallest absolute Gasteiger partial charge is 0.295 e. The predicted molar refractivity (Wildman–Crippen MR) is 112 cm³/mol. The largest absolute Gasteiger partial charge is 0.319 e. The summed E-state index contributed by atoms with van der Waals surface area (Å²) < 4.78 is 28.7. The number of aryl methyl sites for hydroxylation is 2. The summed E-state index contributed by atoms with van der Waals surface area (Å²) in [6.45, 7) is 6.92. The molecule has 9 nitrogen and oxygen atoms in total. The van der Waals surface area contributed by atoms with Gasteiger partial charge in [-0.05, 0) is 62.9 Å². The maximum absolute atomic E-state index is 12.8. The molecule has 1 aliphatic rings. The molecular formula is C20H24N6O3S. The molecule has 0 unspecified atom stereocenters. The summed E-state index contributed by atoms with van der Waals surface area (Å²) in [4.78, 5) is 21.2. The fraction of sp³-hybridized carbons (Fsp3) is 0.400. The molecule has 1 amide bonds. The van der Waals surface area contributed by atoms with E-state index in [1.807, 2.05) is 19.9 Å². The highest BCUT2D eigenvalue weighted by molar-refractivity contribution is 7.89. The molecule has 1 saturated heterocycles. The van der Waals surface area contributed by atoms with Gasteiger partial charge in [0.1, 0.15) is 0 Å². The van der Waals surface area contributed by atoms with Crippen LogP contribution in [0.1, 0.15) is 41.8 Å². The predicted octanol–water partition coefficient (Wildman–Crippen LogP) is 2.41. The van der Waals surface area contributed by atoms with Crippen molar-refractivity contribution in [3.63, 3.8) is 0 Å². The Morgan fingerprint density at radius 2 is 1.77 bits per heavy atom. The number of rotatable bonds is 4. The van der Waals surface area contributed by atoms with Crippen LogP contribution in [0.15, 0.2) is 35.2 Å². The number of carbonyl (C=O) groups excluding carboxylic acids is 1. The second-order valence-corrected chi connectivity index (χ2v) is 9.69. The van der Waals surface area contributed by atoms with Crippen LogP contribution < -0.4 is 5.32 Å². The molecule has 10 heteroatoms. The third kappa shape index (κ3) is 3.92. The number of benzene rings is 1. The summed E-state index contributed by atoms with van der Waals surface area (Å²) in [6, 6.07) is 8.01. The van der Waals surface area contributed by atoms with E-state index in [-0.39, 0.29) is 10.7 Å². The third-order valence-electron chi connectivity index (χ3n) is 5.31. The summed E-state index contributed by atoms with van der Waals surface area (Å²) in [5.74, 6) is 0.411. The number of nitrogens with one attached hydrogen (secondary N) is 1. The molecule has 3 heterocycles. The number of fused-ring (bicyclic) bond motifs is 1. The number of sulfonamides is 1. The lowest BCUT2D eigenvalue weighted by molar-refractivity contribution is 0.101. The van der Waals surface area contributed by atoms with Crippen LogP contribution in [0.25, 0.3) is 5.78 Å². The molecule has 0 spiro atoms. The molecule has 4 rings (SSSR count). The van der Waals surface area contributed by atoms with Crippen molar-refractivity contribution in [1.82, 2.24) is 23.9 Å². The summed E-state index contributed by atoms with van der Waals surface area (Å²) in [5.41, 5.74) is 2.08. The van der Waals surface area contributed by atoms with Crippen molar-refractivity contribution in [3.8, 4) is 0 Å². The van der Waals surface area contributed by atoms with E-state index >= 15 is 0 Å². The molecule has 0 bridgehead atoms. The van der Waals surface area contributed by atoms with E-state index in [1.165, 1.54) is 21.0 Å². The summed E-state index contributed by atoms with van der Waals surface area (Å²) in [5, 5.41) is 6.91. The first-order valence-corrected chi connectivity index (χ1v) is 11.3. The second-order valence-electron chi connectivity index (χ2n) is 7.75. The highest BCUT2D eigenvalue weighted by Crippen LogP contribution is 2.24. The Labute approximate surface area is 175 Å². The van der Waals surface area contributed by atoms with Gasteiger partial charge in [0.05, 0.1) is 4.90 Å². The number of hydrogen-bond donors (Lipinski definition) is 1. The van der Waals surface area contributed by atoms with Crippen molar-refractivity contribution < 1.29 is 13.2 Å². The van der Waals surface area contributed by atoms with Gasteiger partial charge in [0, 0.05) is 30.2 Å². The maximum Gasteiger partial charge on any atom is 0.295 e. The van der Waals surface area contributed by atoms with Gasteiger partial charge in [-0.3, -0.25) is 4.79 Å². The number of amides is 1. The Morgan fingerprint density at radius 3 is 2.43 bits per heavy atom. The molecule has 1 N–H and O–H groups in total. The Bertz CT molecular complexity index is 1200. The van der Waals surface area contributed by atoms with Crippen molar-refractivity contribution >= 4 is 27.4 Å². The molecular weight excluding hydrogens is 404 g/mol. The average molecular weight is 429 g/mol. The Balaban J connectivity index is 1.49. The normalized spacial score (nSPS) is 16.1. The molecule has 0 atom stereocenters. The lowest BCUT2D eigenvalue weighted by atomic mass is 10.0. The lowest BCUT2D eigenvalue weighted by Gasteiger charge is -2.29. The topological polar surface area (TPSA) is 110 Å². The highest BCUT2D eigenvalue weighted by Gasteiger charge is 2.28. The van der Waals surface area contributed by atoms with E-state index in [9.17, 15) is 13.2 Å². The Hall–Kier alpha value is -2.85. The first kappa shape index (κ1) is 20.4. The van der Waals surface area contributed by atoms with Gasteiger partial charge in [0.2, 0.25) is 15.8 Å². The zero-order valence-corrected chi connectivity index (χ0v) is 18.0. The molecule has 1 aliphatic heterocycles. The van der Waals surface area contributed by atoms with E-state index in [1.54, 1.807) is 12.1 Å². The van der Waals surface area contributed by atoms with Crippen molar-refractivity contribution in [3.05, 3.63) is 47.5 Å². The first-order valence-electron chi connectivity index (χ1n) is 9.86. The van der Waals surface area contributed by atoms with Crippen LogP contribution in [-0.2, 0) is 10.0 Å². The standard InChI is InChI=1S/C20H24N6O3S/c1-13-8-10-25(11-9-13)30(28,29)17-6-4-16(5-7-17)22-19(27)18-23-20-21-14(2)12-15(3)26(20)24-18/h4-7,12-13H,8-11H2,1-3H3,(H,22,27). The van der Waals surface area contributed by atoms with Gasteiger partial charge in [0.15, 0.2) is 0 Å². The molecule has 3 aromatic rings. The number of hydrogen-bond acceptors (Lipinski definition) is 6. The van der Waals surface area contributed by atoms with Crippen molar-refractivity contribution in [1.29, 1.82) is 0 Å². The second kappa shape index (κ2) is 7.77. The quantitative estimate of drug-likeness (QED) is 0.683. The van der Waals surface area contributed by atoms with Gasteiger partial charge in [-0.15, -0.1) is 5.10 Å². The monoisotopic (exact) mass is 428 g/mol. The van der Waals surface area contributed by atoms with Gasteiger partial charge in [-0.2, -0.15) is 9.29 Å². The van der Waals surface area contributed by atoms with Gasteiger partial charge in [-0.25, -0.2) is 17.9 Å². The molecule has 158 valence electrons. The van der Waals surface area contributed by atoms with Crippen molar-refractivity contribution in [2.45, 2.75) is 38.5 Å². The number of piperidine rings is 1. The van der Waals surface area contributed by atoms with E-state index in [2.05, 4.69) is 27.3 Å². The van der Waals surface area contributed by atoms with Gasteiger partial charge in [-0.1, -0.05) is 6.92 Å². The molecule has 0 radical (unpaired) electrons. The van der Waals surface area contributed by atoms with Crippen LogP contribution in [0.4, 0.5) is 5.69 Å². The Morgan fingerprint density at radius 1 is 1.10 bits per heavy atom. The maximum atomic E-state index is 12.8. The first-order chi connectivity index (χ1) is 14.2. The fourth-order valence-electron chi connectivity index (χ4n) is 3.53. The van der Waals surface area contributed by atoms with Crippen molar-refractivity contribution in [2.75, 3.05) is 18.4 Å². The lowest BCUT2D eigenvalue weighted by Crippen LogP contribution is -2.37. The minimum atomic E-state index is -3.52. The van der Waals surface area contributed by atoms with Gasteiger partial charge < -0.3 is 5.32 Å². The van der Waals surface area contributed by atoms with Crippen molar-refractivity contribution in [2.24, 2.45) is 5.92 Å². The molecule has 1 fully saturated rings. The third-order valence-corrected chi connectivity index (χ3v) is 7.23. The zero-order chi connectivity index (χ0) is 21.5. The fourth-order valence-corrected chi connectivity index (χ4v) is 5.00. The SMILES string of the molecule is Cc1cc(C)n2nc(C(=O)Nc3ccc(S(=O)(=O)N4CCC(C)CC4)cc3)nc2n1. The number of carbonyl (C=O) groups is 1. The summed E-state index contributed by atoms with van der Waals surface area (Å²) in [6.07, 6.45) is 1.74. The van der Waals surface area contributed by atoms with Crippen LogP contribution >= 0.6 is 0 Å². The van der Waals surface area contributed by atoms with Gasteiger partial charge >= 0.3 is 0 Å².